The third kappa shape index (κ3) is 13.2. The van der Waals surface area contributed by atoms with E-state index in [1.807, 2.05) is 43.3 Å². The van der Waals surface area contributed by atoms with E-state index < -0.39 is 59.2 Å². The van der Waals surface area contributed by atoms with Crippen LogP contribution in [0.2, 0.25) is 0 Å². The van der Waals surface area contributed by atoms with Crippen molar-refractivity contribution in [3.63, 3.8) is 0 Å². The molecule has 0 bridgehead atoms. The monoisotopic (exact) mass is 972 g/mol. The molecule has 1 heterocycles. The molecule has 0 saturated heterocycles. The zero-order chi connectivity index (χ0) is 50.5. The predicted octanol–water partition coefficient (Wildman–Crippen LogP) is 9.34. The Hall–Kier alpha value is -6.05. The molecule has 2 aliphatic carbocycles. The summed E-state index contributed by atoms with van der Waals surface area (Å²) in [7, 11) is 4.15. The maximum absolute atomic E-state index is 14.3. The van der Waals surface area contributed by atoms with Crippen LogP contribution >= 0.6 is 0 Å². The van der Waals surface area contributed by atoms with Crippen LogP contribution in [0.5, 0.6) is 0 Å². The first-order chi connectivity index (χ1) is 32.3. The van der Waals surface area contributed by atoms with Crippen LogP contribution in [0.25, 0.3) is 22.5 Å². The lowest BCUT2D eigenvalue weighted by Gasteiger charge is -2.33. The lowest BCUT2D eigenvalue weighted by molar-refractivity contribution is -0.361. The number of nitrogens with zero attached hydrogens (tertiary/aromatic N) is 3. The highest BCUT2D eigenvalue weighted by molar-refractivity contribution is 5.98. The van der Waals surface area contributed by atoms with E-state index in [4.69, 9.17) is 4.74 Å². The first-order valence-corrected chi connectivity index (χ1v) is 22.9. The summed E-state index contributed by atoms with van der Waals surface area (Å²) in [5.41, 5.74) is 3.41. The van der Waals surface area contributed by atoms with E-state index >= 15 is 0 Å². The van der Waals surface area contributed by atoms with Gasteiger partial charge in [0.25, 0.3) is 5.91 Å². The van der Waals surface area contributed by atoms with Crippen molar-refractivity contribution in [2.75, 3.05) is 26.0 Å². The molecule has 4 amide bonds. The molecule has 4 aromatic rings. The second-order valence-corrected chi connectivity index (χ2v) is 19.3. The summed E-state index contributed by atoms with van der Waals surface area (Å²) >= 11 is 0. The second kappa shape index (κ2) is 21.3. The lowest BCUT2D eigenvalue weighted by Crippen LogP contribution is -2.50. The zero-order valence-corrected chi connectivity index (χ0v) is 39.3. The average Bonchev–Trinajstić information content (AvgIpc) is 3.80. The number of H-pyrrole nitrogens is 1. The molecule has 0 spiro atoms. The number of nitrogens with one attached hydrogen (secondary N) is 5. The van der Waals surface area contributed by atoms with Crippen molar-refractivity contribution in [1.82, 2.24) is 36.0 Å². The van der Waals surface area contributed by atoms with Gasteiger partial charge < -0.3 is 30.9 Å². The van der Waals surface area contributed by atoms with Crippen LogP contribution in [0, 0.1) is 18.8 Å². The number of carbonyl (C=O) groups is 4. The molecule has 1 unspecified atom stereocenters. The number of anilines is 1. The fourth-order valence-corrected chi connectivity index (χ4v) is 8.65. The Morgan fingerprint density at radius 1 is 0.812 bits per heavy atom. The smallest absolute Gasteiger partial charge is 0.444 e. The Kier molecular flexibility index (Phi) is 16.2. The van der Waals surface area contributed by atoms with Crippen LogP contribution in [-0.4, -0.2) is 100 Å². The summed E-state index contributed by atoms with van der Waals surface area (Å²) in [6.07, 6.45) is -0.812. The van der Waals surface area contributed by atoms with E-state index in [9.17, 15) is 49.9 Å². The fourth-order valence-electron chi connectivity index (χ4n) is 8.65. The van der Waals surface area contributed by atoms with E-state index in [1.165, 1.54) is 29.4 Å². The Labute approximate surface area is 396 Å². The van der Waals surface area contributed by atoms with Gasteiger partial charge in [-0.2, -0.15) is 35.8 Å². The normalized spacial score (nSPS) is 19.6. The number of ether oxygens (including phenoxy) is 1. The summed E-state index contributed by atoms with van der Waals surface area (Å²) in [6, 6.07) is 17.7. The number of halogens is 7. The third-order valence-corrected chi connectivity index (χ3v) is 12.7. The molecule has 2 fully saturated rings. The largest absolute Gasteiger partial charge is 0.460 e. The van der Waals surface area contributed by atoms with Gasteiger partial charge in [0, 0.05) is 47.8 Å². The standard InChI is InChI=1S/C49H59F7N8O5/c1-28-25-34(42(66)58-36-20-22-37(23-21-36)64(5)6)17-24-38(28)31-11-7-29(8-12-31)26-39(60-41(65)33-13-9-30(10-14-33)27-57-45(68)69-46(2,3)4)43(67)59-35-18-15-32(16-19-35)40-61-44(63-62-40)47(50,51)48(52,53)49(54,55)56/h7-8,11-12,15-19,24-25,30,33,36-37,39H,9-10,13-14,20-23,26-27H2,1-6H3,(H,57,68)(H,58,66)(H,59,67)(H,60,65)(H,61,62,63). The van der Waals surface area contributed by atoms with E-state index in [1.54, 1.807) is 26.8 Å². The van der Waals surface area contributed by atoms with Crippen molar-refractivity contribution < 1.29 is 54.6 Å². The molecule has 20 heteroatoms. The number of aryl methyl sites for hydroxylation is 1. The van der Waals surface area contributed by atoms with Crippen molar-refractivity contribution in [3.05, 3.63) is 89.2 Å². The molecule has 374 valence electrons. The van der Waals surface area contributed by atoms with Crippen molar-refractivity contribution in [1.29, 1.82) is 0 Å². The molecular weight excluding hydrogens is 914 g/mol. The minimum absolute atomic E-state index is 0.0468. The molecule has 0 aliphatic heterocycles. The molecule has 3 aromatic carbocycles. The number of amides is 4. The number of alkyl halides is 7. The van der Waals surface area contributed by atoms with E-state index in [0.29, 0.717) is 49.4 Å². The van der Waals surface area contributed by atoms with Gasteiger partial charge in [-0.15, -0.1) is 0 Å². The van der Waals surface area contributed by atoms with Gasteiger partial charge in [-0.05, 0) is 158 Å². The lowest BCUT2D eigenvalue weighted by atomic mass is 9.81. The molecule has 69 heavy (non-hydrogen) atoms. The number of aromatic nitrogens is 3. The van der Waals surface area contributed by atoms with Gasteiger partial charge in [0.2, 0.25) is 17.6 Å². The number of rotatable bonds is 15. The number of carbonyl (C=O) groups excluding carboxylic acids is 4. The van der Waals surface area contributed by atoms with Crippen LogP contribution in [0.3, 0.4) is 0 Å². The van der Waals surface area contributed by atoms with Crippen molar-refractivity contribution in [2.24, 2.45) is 11.8 Å². The zero-order valence-electron chi connectivity index (χ0n) is 39.3. The highest BCUT2D eigenvalue weighted by Gasteiger charge is 2.75. The Morgan fingerprint density at radius 3 is 2.01 bits per heavy atom. The van der Waals surface area contributed by atoms with Gasteiger partial charge >= 0.3 is 24.1 Å². The Morgan fingerprint density at radius 2 is 1.43 bits per heavy atom. The fraction of sp³-hybridized carbons (Fsp3) is 0.510. The van der Waals surface area contributed by atoms with Crippen molar-refractivity contribution >= 4 is 29.5 Å². The molecule has 6 rings (SSSR count). The van der Waals surface area contributed by atoms with Crippen LogP contribution < -0.4 is 21.3 Å². The van der Waals surface area contributed by atoms with Crippen LogP contribution in [0.1, 0.15) is 99.4 Å². The number of hydrogen-bond donors (Lipinski definition) is 5. The minimum Gasteiger partial charge on any atom is -0.444 e. The first-order valence-electron chi connectivity index (χ1n) is 22.9. The van der Waals surface area contributed by atoms with Crippen LogP contribution in [0.15, 0.2) is 66.7 Å². The van der Waals surface area contributed by atoms with E-state index in [0.717, 1.165) is 42.4 Å². The van der Waals surface area contributed by atoms with Gasteiger partial charge in [0.15, 0.2) is 5.82 Å². The van der Waals surface area contributed by atoms with Crippen LogP contribution in [0.4, 0.5) is 41.2 Å². The van der Waals surface area contributed by atoms with Gasteiger partial charge in [0.05, 0.1) is 0 Å². The summed E-state index contributed by atoms with van der Waals surface area (Å²) in [4.78, 5) is 58.6. The maximum atomic E-state index is 14.3. The summed E-state index contributed by atoms with van der Waals surface area (Å²) in [5.74, 6) is -16.1. The molecule has 2 saturated carbocycles. The number of aromatic amines is 1. The predicted molar refractivity (Wildman–Crippen MR) is 244 cm³/mol. The molecule has 0 radical (unpaired) electrons. The topological polar surface area (TPSA) is 170 Å². The maximum Gasteiger partial charge on any atom is 0.460 e. The quantitative estimate of drug-likeness (QED) is 0.0735. The highest BCUT2D eigenvalue weighted by Crippen LogP contribution is 2.51. The van der Waals surface area contributed by atoms with E-state index in [-0.39, 0.29) is 41.4 Å². The van der Waals surface area contributed by atoms with Gasteiger partial charge in [-0.1, -0.05) is 30.3 Å². The summed E-state index contributed by atoms with van der Waals surface area (Å²) < 4.78 is 99.4. The number of alkyl carbamates (subject to hydrolysis) is 1. The molecule has 5 N–H and O–H groups in total. The average molecular weight is 973 g/mol. The number of hydrogen-bond acceptors (Lipinski definition) is 8. The van der Waals surface area contributed by atoms with Gasteiger partial charge in [-0.25, -0.2) is 9.78 Å². The molecule has 1 atom stereocenters. The minimum atomic E-state index is -6.57. The van der Waals surface area contributed by atoms with Gasteiger partial charge in [0.1, 0.15) is 11.6 Å². The van der Waals surface area contributed by atoms with Gasteiger partial charge in [-0.3, -0.25) is 19.5 Å². The van der Waals surface area contributed by atoms with E-state index in [2.05, 4.69) is 50.3 Å². The van der Waals surface area contributed by atoms with Crippen molar-refractivity contribution in [2.45, 2.75) is 127 Å². The summed E-state index contributed by atoms with van der Waals surface area (Å²) in [6.45, 7) is 7.62. The van der Waals surface area contributed by atoms with Crippen molar-refractivity contribution in [3.8, 4) is 22.5 Å². The third-order valence-electron chi connectivity index (χ3n) is 12.7. The molecule has 13 nitrogen and oxygen atoms in total. The second-order valence-electron chi connectivity index (χ2n) is 19.3. The Balaban J connectivity index is 1.13. The molecular formula is C49H59F7N8O5. The molecule has 1 aromatic heterocycles. The number of benzene rings is 3. The molecule has 2 aliphatic rings. The first kappa shape index (κ1) is 52.3. The van der Waals surface area contributed by atoms with Crippen LogP contribution in [-0.2, 0) is 26.7 Å². The summed E-state index contributed by atoms with van der Waals surface area (Å²) in [5, 5.41) is 16.5. The Bertz CT molecular complexity index is 2420. The highest BCUT2D eigenvalue weighted by atomic mass is 19.4. The SMILES string of the molecule is Cc1cc(C(=O)NC2CCC(N(C)C)CC2)ccc1-c1ccc(CC(NC(=O)C2CCC(CNC(=O)OC(C)(C)C)CC2)C(=O)Nc2ccc(-c3n[nH]c(C(F)(F)C(F)(F)C(F)(F)F)n3)cc2)cc1.